The Morgan fingerprint density at radius 2 is 2.18 bits per heavy atom. The lowest BCUT2D eigenvalue weighted by Crippen LogP contribution is -2.61. The van der Waals surface area contributed by atoms with Crippen molar-refractivity contribution in [3.63, 3.8) is 0 Å². The molecule has 0 aliphatic carbocycles. The van der Waals surface area contributed by atoms with E-state index in [1.807, 2.05) is 0 Å². The molecule has 17 heavy (non-hydrogen) atoms. The predicted octanol–water partition coefficient (Wildman–Crippen LogP) is 1.02. The van der Waals surface area contributed by atoms with Crippen molar-refractivity contribution in [2.75, 3.05) is 13.2 Å². The number of amides is 1. The lowest BCUT2D eigenvalue weighted by molar-refractivity contribution is -0.191. The molecule has 2 rings (SSSR count). The van der Waals surface area contributed by atoms with E-state index in [0.717, 1.165) is 4.90 Å². The third-order valence-electron chi connectivity index (χ3n) is 2.80. The van der Waals surface area contributed by atoms with Crippen molar-refractivity contribution in [3.05, 3.63) is 0 Å². The summed E-state index contributed by atoms with van der Waals surface area (Å²) in [6, 6.07) is 0. The Bertz CT molecular complexity index is 342. The van der Waals surface area contributed by atoms with Gasteiger partial charge in [-0.2, -0.15) is 13.2 Å². The van der Waals surface area contributed by atoms with Gasteiger partial charge < -0.3 is 10.1 Å². The molecular weight excluding hydrogens is 257 g/mol. The van der Waals surface area contributed by atoms with E-state index in [1.54, 1.807) is 0 Å². The number of nitrogens with zero attached hydrogens (tertiary/aromatic N) is 1. The van der Waals surface area contributed by atoms with Crippen LogP contribution >= 0.6 is 12.2 Å². The molecule has 2 unspecified atom stereocenters. The first-order valence-corrected chi connectivity index (χ1v) is 5.61. The smallest absolute Gasteiger partial charge is 0.361 e. The average molecular weight is 268 g/mol. The van der Waals surface area contributed by atoms with Gasteiger partial charge in [0.2, 0.25) is 5.91 Å². The van der Waals surface area contributed by atoms with E-state index in [4.69, 9.17) is 17.0 Å². The van der Waals surface area contributed by atoms with Gasteiger partial charge in [-0.25, -0.2) is 0 Å². The summed E-state index contributed by atoms with van der Waals surface area (Å²) in [4.78, 5) is 12.7. The van der Waals surface area contributed by atoms with Crippen LogP contribution in [-0.2, 0) is 9.53 Å². The molecule has 0 spiro atoms. The molecule has 1 N–H and O–H groups in total. The summed E-state index contributed by atoms with van der Waals surface area (Å²) >= 11 is 4.86. The van der Waals surface area contributed by atoms with Gasteiger partial charge >= 0.3 is 6.18 Å². The molecule has 0 saturated carbocycles. The maximum Gasteiger partial charge on any atom is 0.402 e. The van der Waals surface area contributed by atoms with Crippen molar-refractivity contribution in [2.45, 2.75) is 25.2 Å². The summed E-state index contributed by atoms with van der Waals surface area (Å²) < 4.78 is 43.0. The van der Waals surface area contributed by atoms with Crippen LogP contribution in [0.15, 0.2) is 0 Å². The van der Waals surface area contributed by atoms with Crippen molar-refractivity contribution in [3.8, 4) is 0 Å². The van der Waals surface area contributed by atoms with Crippen LogP contribution < -0.4 is 5.32 Å². The highest BCUT2D eigenvalue weighted by Crippen LogP contribution is 2.31. The van der Waals surface area contributed by atoms with E-state index in [0.29, 0.717) is 19.4 Å². The van der Waals surface area contributed by atoms with Crippen LogP contribution in [0.3, 0.4) is 0 Å². The van der Waals surface area contributed by atoms with Gasteiger partial charge in [-0.05, 0) is 25.1 Å². The van der Waals surface area contributed by atoms with Crippen LogP contribution in [0.1, 0.15) is 12.8 Å². The zero-order chi connectivity index (χ0) is 12.6. The summed E-state index contributed by atoms with van der Waals surface area (Å²) in [6.45, 7) is -0.0574. The molecule has 0 aromatic heterocycles. The molecule has 8 heteroatoms. The fourth-order valence-corrected chi connectivity index (χ4v) is 2.21. The van der Waals surface area contributed by atoms with Gasteiger partial charge in [-0.3, -0.25) is 9.69 Å². The molecule has 2 fully saturated rings. The first-order chi connectivity index (χ1) is 7.91. The maximum atomic E-state index is 12.6. The second-order valence-corrected chi connectivity index (χ2v) is 4.34. The molecule has 0 aromatic carbocycles. The molecule has 2 heterocycles. The highest BCUT2D eigenvalue weighted by molar-refractivity contribution is 7.80. The molecule has 4 nitrogen and oxygen atoms in total. The Labute approximate surface area is 101 Å². The minimum Gasteiger partial charge on any atom is -0.361 e. The minimum absolute atomic E-state index is 0.0161. The van der Waals surface area contributed by atoms with Crippen molar-refractivity contribution in [1.29, 1.82) is 0 Å². The fourth-order valence-electron chi connectivity index (χ4n) is 1.92. The number of thiocarbonyl (C=S) groups is 1. The number of hydrogen-bond acceptors (Lipinski definition) is 3. The van der Waals surface area contributed by atoms with E-state index < -0.39 is 30.8 Å². The zero-order valence-corrected chi connectivity index (χ0v) is 9.61. The summed E-state index contributed by atoms with van der Waals surface area (Å²) in [7, 11) is 0. The van der Waals surface area contributed by atoms with Gasteiger partial charge in [-0.1, -0.05) is 0 Å². The van der Waals surface area contributed by atoms with E-state index in [-0.39, 0.29) is 5.11 Å². The first-order valence-electron chi connectivity index (χ1n) is 5.20. The van der Waals surface area contributed by atoms with Crippen molar-refractivity contribution < 1.29 is 22.7 Å². The number of hydrogen-bond donors (Lipinski definition) is 1. The molecule has 2 aliphatic heterocycles. The van der Waals surface area contributed by atoms with Crippen LogP contribution in [0, 0.1) is 5.92 Å². The van der Waals surface area contributed by atoms with Gasteiger partial charge in [0.05, 0.1) is 0 Å². The third kappa shape index (κ3) is 2.37. The maximum absolute atomic E-state index is 12.6. The van der Waals surface area contributed by atoms with E-state index in [9.17, 15) is 18.0 Å². The summed E-state index contributed by atoms with van der Waals surface area (Å²) in [5.74, 6) is -3.06. The predicted molar refractivity (Wildman–Crippen MR) is 56.0 cm³/mol. The van der Waals surface area contributed by atoms with Crippen molar-refractivity contribution in [1.82, 2.24) is 10.2 Å². The van der Waals surface area contributed by atoms with Crippen molar-refractivity contribution in [2.24, 2.45) is 5.92 Å². The zero-order valence-electron chi connectivity index (χ0n) is 8.79. The second-order valence-electron chi connectivity index (χ2n) is 3.96. The minimum atomic E-state index is -4.56. The molecule has 2 atom stereocenters. The second kappa shape index (κ2) is 4.41. The van der Waals surface area contributed by atoms with E-state index in [2.05, 4.69) is 5.32 Å². The average Bonchev–Trinajstić information content (AvgIpc) is 2.68. The summed E-state index contributed by atoms with van der Waals surface area (Å²) in [5, 5.41) is 2.45. The van der Waals surface area contributed by atoms with Gasteiger partial charge in [0.25, 0.3) is 0 Å². The molecule has 1 amide bonds. The monoisotopic (exact) mass is 268 g/mol. The number of alkyl halides is 3. The van der Waals surface area contributed by atoms with Crippen molar-refractivity contribution >= 4 is 23.2 Å². The molecular formula is C9H11F3N2O2S. The number of rotatable bonds is 1. The lowest BCUT2D eigenvalue weighted by atomic mass is 10.1. The Kier molecular flexibility index (Phi) is 3.26. The molecule has 0 aromatic rings. The molecule has 0 bridgehead atoms. The highest BCUT2D eigenvalue weighted by Gasteiger charge is 2.51. The van der Waals surface area contributed by atoms with Crippen LogP contribution in [0.5, 0.6) is 0 Å². The SMILES string of the molecule is O=C1C(C(F)(F)F)CNC(=S)N1C1CCCO1. The lowest BCUT2D eigenvalue weighted by Gasteiger charge is -2.37. The Hall–Kier alpha value is -0.890. The Balaban J connectivity index is 2.18. The third-order valence-corrected chi connectivity index (χ3v) is 3.14. The molecule has 0 radical (unpaired) electrons. The van der Waals surface area contributed by atoms with E-state index >= 15 is 0 Å². The normalized spacial score (nSPS) is 30.6. The number of ether oxygens (including phenoxy) is 1. The van der Waals surface area contributed by atoms with Crippen LogP contribution in [0.2, 0.25) is 0 Å². The summed E-state index contributed by atoms with van der Waals surface area (Å²) in [6.07, 6.45) is -3.99. The van der Waals surface area contributed by atoms with Gasteiger partial charge in [0.15, 0.2) is 11.0 Å². The largest absolute Gasteiger partial charge is 0.402 e. The van der Waals surface area contributed by atoms with Gasteiger partial charge in [0.1, 0.15) is 6.23 Å². The molecule has 96 valence electrons. The van der Waals surface area contributed by atoms with Gasteiger partial charge in [-0.15, -0.1) is 0 Å². The molecule has 2 aliphatic rings. The van der Waals surface area contributed by atoms with Gasteiger partial charge in [0, 0.05) is 13.2 Å². The number of carbonyl (C=O) groups excluding carboxylic acids is 1. The fraction of sp³-hybridized carbons (Fsp3) is 0.778. The van der Waals surface area contributed by atoms with E-state index in [1.165, 1.54) is 0 Å². The summed E-state index contributed by atoms with van der Waals surface area (Å²) in [5.41, 5.74) is 0. The molecule has 2 saturated heterocycles. The number of halogens is 3. The Morgan fingerprint density at radius 3 is 2.71 bits per heavy atom. The van der Waals surface area contributed by atoms with Crippen LogP contribution in [0.25, 0.3) is 0 Å². The number of nitrogens with one attached hydrogen (secondary N) is 1. The quantitative estimate of drug-likeness (QED) is 0.721. The first kappa shape index (κ1) is 12.6. The van der Waals surface area contributed by atoms with Crippen LogP contribution in [0.4, 0.5) is 13.2 Å². The highest BCUT2D eigenvalue weighted by atomic mass is 32.1. The van der Waals surface area contributed by atoms with Crippen LogP contribution in [-0.4, -0.2) is 41.5 Å². The topological polar surface area (TPSA) is 41.6 Å². The number of carbonyl (C=O) groups is 1. The Morgan fingerprint density at radius 1 is 1.47 bits per heavy atom. The standard InChI is InChI=1S/C9H11F3N2O2S/c10-9(11,12)5-4-13-8(17)14(7(5)15)6-2-1-3-16-6/h5-6H,1-4H2,(H,13,17).